The number of H-pyrrole nitrogens is 1. The highest BCUT2D eigenvalue weighted by molar-refractivity contribution is 5.85. The Bertz CT molecular complexity index is 917. The van der Waals surface area contributed by atoms with Gasteiger partial charge in [0, 0.05) is 54.4 Å². The minimum atomic E-state index is 0.204. The number of hydrogen-bond acceptors (Lipinski definition) is 2. The van der Waals surface area contributed by atoms with Gasteiger partial charge in [0.05, 0.1) is 12.1 Å². The highest BCUT2D eigenvalue weighted by atomic mass is 16.2. The first-order chi connectivity index (χ1) is 12.0. The summed E-state index contributed by atoms with van der Waals surface area (Å²) >= 11 is 0. The van der Waals surface area contributed by atoms with Gasteiger partial charge in [-0.15, -0.1) is 0 Å². The van der Waals surface area contributed by atoms with E-state index in [4.69, 9.17) is 0 Å². The van der Waals surface area contributed by atoms with Crippen molar-refractivity contribution in [3.63, 3.8) is 0 Å². The molecule has 4 rings (SSSR count). The lowest BCUT2D eigenvalue weighted by molar-refractivity contribution is -0.129. The molecular formula is C20H24N4O. The molecule has 1 unspecified atom stereocenters. The summed E-state index contributed by atoms with van der Waals surface area (Å²) in [6.45, 7) is 5.58. The number of aromatic amines is 1. The predicted molar refractivity (Wildman–Crippen MR) is 98.6 cm³/mol. The van der Waals surface area contributed by atoms with Crippen molar-refractivity contribution < 1.29 is 4.79 Å². The lowest BCUT2D eigenvalue weighted by Crippen LogP contribution is -2.30. The normalized spacial score (nSPS) is 17.6. The van der Waals surface area contributed by atoms with Crippen LogP contribution in [0, 0.1) is 13.8 Å². The van der Waals surface area contributed by atoms with Crippen molar-refractivity contribution in [2.45, 2.75) is 32.6 Å². The summed E-state index contributed by atoms with van der Waals surface area (Å²) in [6.07, 6.45) is 3.70. The maximum Gasteiger partial charge on any atom is 0.227 e. The lowest BCUT2D eigenvalue weighted by Gasteiger charge is -2.16. The second kappa shape index (κ2) is 6.06. The molecule has 1 fully saturated rings. The minimum Gasteiger partial charge on any atom is -0.350 e. The SMILES string of the molecule is Cc1n[nH]c(C)c1CC(=O)N1CCC(c2cn(C)c3ccccc23)C1. The second-order valence-corrected chi connectivity index (χ2v) is 7.13. The monoisotopic (exact) mass is 336 g/mol. The molecule has 0 saturated carbocycles. The molecule has 130 valence electrons. The van der Waals surface area contributed by atoms with Gasteiger partial charge in [0.2, 0.25) is 5.91 Å². The molecule has 5 heteroatoms. The molecule has 0 spiro atoms. The summed E-state index contributed by atoms with van der Waals surface area (Å²) in [5.74, 6) is 0.622. The van der Waals surface area contributed by atoms with E-state index >= 15 is 0 Å². The predicted octanol–water partition coefficient (Wildman–Crippen LogP) is 3.08. The van der Waals surface area contributed by atoms with E-state index < -0.39 is 0 Å². The third kappa shape index (κ3) is 2.73. The smallest absolute Gasteiger partial charge is 0.227 e. The highest BCUT2D eigenvalue weighted by Gasteiger charge is 2.29. The van der Waals surface area contributed by atoms with Crippen LogP contribution in [0.1, 0.15) is 34.9 Å². The van der Waals surface area contributed by atoms with Crippen LogP contribution in [0.5, 0.6) is 0 Å². The van der Waals surface area contributed by atoms with Gasteiger partial charge in [0.15, 0.2) is 0 Å². The van der Waals surface area contributed by atoms with Crippen LogP contribution in [0.15, 0.2) is 30.5 Å². The van der Waals surface area contributed by atoms with Crippen molar-refractivity contribution in [3.8, 4) is 0 Å². The molecule has 3 aromatic rings. The molecule has 25 heavy (non-hydrogen) atoms. The number of carbonyl (C=O) groups excluding carboxylic acids is 1. The first kappa shape index (κ1) is 15.9. The standard InChI is InChI=1S/C20H24N4O/c1-13-17(14(2)22-21-13)10-20(25)24-9-8-15(11-24)18-12-23(3)19-7-5-4-6-16(18)19/h4-7,12,15H,8-11H2,1-3H3,(H,21,22). The number of fused-ring (bicyclic) bond motifs is 1. The zero-order valence-corrected chi connectivity index (χ0v) is 15.0. The fourth-order valence-corrected chi connectivity index (χ4v) is 4.04. The van der Waals surface area contributed by atoms with Gasteiger partial charge in [0.1, 0.15) is 0 Å². The van der Waals surface area contributed by atoms with Crippen molar-refractivity contribution in [1.29, 1.82) is 0 Å². The number of aryl methyl sites for hydroxylation is 3. The summed E-state index contributed by atoms with van der Waals surface area (Å²) in [7, 11) is 2.09. The van der Waals surface area contributed by atoms with Gasteiger partial charge in [-0.2, -0.15) is 5.10 Å². The number of para-hydroxylation sites is 1. The van der Waals surface area contributed by atoms with Crippen LogP contribution in [0.2, 0.25) is 0 Å². The van der Waals surface area contributed by atoms with Crippen LogP contribution >= 0.6 is 0 Å². The third-order valence-corrected chi connectivity index (χ3v) is 5.52. The van der Waals surface area contributed by atoms with Crippen LogP contribution < -0.4 is 0 Å². The number of nitrogens with one attached hydrogen (secondary N) is 1. The second-order valence-electron chi connectivity index (χ2n) is 7.13. The van der Waals surface area contributed by atoms with E-state index in [-0.39, 0.29) is 5.91 Å². The number of nitrogens with zero attached hydrogens (tertiary/aromatic N) is 3. The number of aromatic nitrogens is 3. The van der Waals surface area contributed by atoms with Crippen LogP contribution in [-0.4, -0.2) is 38.7 Å². The van der Waals surface area contributed by atoms with E-state index in [9.17, 15) is 4.79 Å². The van der Waals surface area contributed by atoms with Crippen molar-refractivity contribution in [2.75, 3.05) is 13.1 Å². The summed E-state index contributed by atoms with van der Waals surface area (Å²) in [5, 5.41) is 8.47. The Balaban J connectivity index is 1.52. The van der Waals surface area contributed by atoms with Crippen LogP contribution in [-0.2, 0) is 18.3 Å². The van der Waals surface area contributed by atoms with Gasteiger partial charge in [-0.25, -0.2) is 0 Å². The van der Waals surface area contributed by atoms with E-state index in [2.05, 4.69) is 52.3 Å². The van der Waals surface area contributed by atoms with Crippen LogP contribution in [0.25, 0.3) is 10.9 Å². The Morgan fingerprint density at radius 2 is 2.12 bits per heavy atom. The number of benzene rings is 1. The van der Waals surface area contributed by atoms with Crippen molar-refractivity contribution in [3.05, 3.63) is 53.0 Å². The van der Waals surface area contributed by atoms with Gasteiger partial charge in [-0.1, -0.05) is 18.2 Å². The quantitative estimate of drug-likeness (QED) is 0.799. The number of amides is 1. The third-order valence-electron chi connectivity index (χ3n) is 5.52. The highest BCUT2D eigenvalue weighted by Crippen LogP contribution is 2.33. The van der Waals surface area contributed by atoms with Crippen molar-refractivity contribution in [1.82, 2.24) is 19.7 Å². The first-order valence-electron chi connectivity index (χ1n) is 8.86. The molecule has 1 saturated heterocycles. The molecule has 1 aliphatic rings. The summed E-state index contributed by atoms with van der Waals surface area (Å²) in [6, 6.07) is 8.51. The molecule has 0 radical (unpaired) electrons. The molecular weight excluding hydrogens is 312 g/mol. The molecule has 2 aromatic heterocycles. The first-order valence-corrected chi connectivity index (χ1v) is 8.86. The van der Waals surface area contributed by atoms with E-state index in [0.29, 0.717) is 12.3 Å². The van der Waals surface area contributed by atoms with Gasteiger partial charge in [-0.05, 0) is 31.9 Å². The largest absolute Gasteiger partial charge is 0.350 e. The maximum atomic E-state index is 12.7. The van der Waals surface area contributed by atoms with Crippen molar-refractivity contribution in [2.24, 2.45) is 7.05 Å². The van der Waals surface area contributed by atoms with Gasteiger partial charge in [-0.3, -0.25) is 9.89 Å². The van der Waals surface area contributed by atoms with Gasteiger partial charge < -0.3 is 9.47 Å². The minimum absolute atomic E-state index is 0.204. The average molecular weight is 336 g/mol. The molecule has 5 nitrogen and oxygen atoms in total. The van der Waals surface area contributed by atoms with E-state index in [0.717, 1.165) is 36.5 Å². The number of likely N-dealkylation sites (tertiary alicyclic amines) is 1. The topological polar surface area (TPSA) is 53.9 Å². The zero-order chi connectivity index (χ0) is 17.6. The van der Waals surface area contributed by atoms with Crippen molar-refractivity contribution >= 4 is 16.8 Å². The molecule has 1 aliphatic heterocycles. The van der Waals surface area contributed by atoms with E-state index in [1.807, 2.05) is 18.7 Å². The number of carbonyl (C=O) groups is 1. The maximum absolute atomic E-state index is 12.7. The molecule has 1 atom stereocenters. The Kier molecular flexibility index (Phi) is 3.86. The van der Waals surface area contributed by atoms with Crippen LogP contribution in [0.3, 0.4) is 0 Å². The average Bonchev–Trinajstić information content (AvgIpc) is 3.30. The molecule has 1 amide bonds. The lowest BCUT2D eigenvalue weighted by atomic mass is 9.98. The summed E-state index contributed by atoms with van der Waals surface area (Å²) in [4.78, 5) is 14.8. The van der Waals surface area contributed by atoms with Crippen LogP contribution in [0.4, 0.5) is 0 Å². The summed E-state index contributed by atoms with van der Waals surface area (Å²) < 4.78 is 2.19. The Labute approximate surface area is 147 Å². The number of rotatable bonds is 3. The Morgan fingerprint density at radius 3 is 2.88 bits per heavy atom. The van der Waals surface area contributed by atoms with E-state index in [1.54, 1.807) is 0 Å². The Hall–Kier alpha value is -2.56. The van der Waals surface area contributed by atoms with E-state index in [1.165, 1.54) is 16.5 Å². The fourth-order valence-electron chi connectivity index (χ4n) is 4.04. The zero-order valence-electron chi connectivity index (χ0n) is 15.0. The molecule has 0 aliphatic carbocycles. The summed E-state index contributed by atoms with van der Waals surface area (Å²) in [5.41, 5.74) is 5.58. The fraction of sp³-hybridized carbons (Fsp3) is 0.400. The molecule has 0 bridgehead atoms. The molecule has 3 heterocycles. The van der Waals surface area contributed by atoms with Gasteiger partial charge in [0.25, 0.3) is 0 Å². The van der Waals surface area contributed by atoms with Gasteiger partial charge >= 0.3 is 0 Å². The number of hydrogen-bond donors (Lipinski definition) is 1. The Morgan fingerprint density at radius 1 is 1.32 bits per heavy atom. The molecule has 1 aromatic carbocycles. The molecule has 1 N–H and O–H groups in total.